The quantitative estimate of drug-likeness (QED) is 0.325. The van der Waals surface area contributed by atoms with Crippen molar-refractivity contribution in [2.45, 2.75) is 37.9 Å². The summed E-state index contributed by atoms with van der Waals surface area (Å²) >= 11 is 1.55. The first kappa shape index (κ1) is 18.9. The lowest BCUT2D eigenvalue weighted by Crippen LogP contribution is -2.07. The summed E-state index contributed by atoms with van der Waals surface area (Å²) in [6.07, 6.45) is 0. The minimum atomic E-state index is -0.398. The van der Waals surface area contributed by atoms with Gasteiger partial charge >= 0.3 is 0 Å². The summed E-state index contributed by atoms with van der Waals surface area (Å²) in [5.74, 6) is 2.23. The number of aromatic nitrogens is 3. The van der Waals surface area contributed by atoms with E-state index in [0.29, 0.717) is 12.4 Å². The van der Waals surface area contributed by atoms with Gasteiger partial charge in [-0.2, -0.15) is 0 Å². The molecule has 0 atom stereocenters. The number of hydrogen-bond donors (Lipinski definition) is 0. The molecule has 3 rings (SSSR count). The zero-order chi connectivity index (χ0) is 19.2. The average molecular weight is 384 g/mol. The minimum Gasteiger partial charge on any atom is -0.486 e. The maximum atomic E-state index is 10.7. The Morgan fingerprint density at radius 2 is 1.81 bits per heavy atom. The largest absolute Gasteiger partial charge is 0.486 e. The first-order valence-corrected chi connectivity index (χ1v) is 9.53. The molecule has 0 aliphatic rings. The Morgan fingerprint density at radius 1 is 1.11 bits per heavy atom. The van der Waals surface area contributed by atoms with Gasteiger partial charge in [0.15, 0.2) is 11.0 Å². The van der Waals surface area contributed by atoms with Crippen LogP contribution in [-0.4, -0.2) is 19.7 Å². The van der Waals surface area contributed by atoms with Crippen LogP contribution in [0.15, 0.2) is 53.7 Å². The number of hydrogen-bond acceptors (Lipinski definition) is 6. The Balaban J connectivity index is 1.62. The van der Waals surface area contributed by atoms with Crippen molar-refractivity contribution in [1.29, 1.82) is 0 Å². The zero-order valence-corrected chi connectivity index (χ0v) is 16.0. The number of aryl methyl sites for hydroxylation is 1. The number of thioether (sulfide) groups is 1. The zero-order valence-electron chi connectivity index (χ0n) is 15.2. The lowest BCUT2D eigenvalue weighted by atomic mass is 10.2. The van der Waals surface area contributed by atoms with E-state index in [2.05, 4.69) is 10.2 Å². The Hall–Kier alpha value is -2.87. The molecule has 0 N–H and O–H groups in total. The van der Waals surface area contributed by atoms with Crippen LogP contribution in [0.2, 0.25) is 0 Å². The number of nitro groups is 1. The monoisotopic (exact) mass is 384 g/mol. The Morgan fingerprint density at radius 3 is 2.44 bits per heavy atom. The van der Waals surface area contributed by atoms with E-state index < -0.39 is 4.92 Å². The topological polar surface area (TPSA) is 83.1 Å². The van der Waals surface area contributed by atoms with Gasteiger partial charge in [-0.3, -0.25) is 10.1 Å². The van der Waals surface area contributed by atoms with Gasteiger partial charge in [-0.15, -0.1) is 10.2 Å². The van der Waals surface area contributed by atoms with E-state index >= 15 is 0 Å². The Labute approximate surface area is 161 Å². The molecule has 0 amide bonds. The van der Waals surface area contributed by atoms with Crippen LogP contribution >= 0.6 is 11.8 Å². The summed E-state index contributed by atoms with van der Waals surface area (Å²) in [7, 11) is 0. The van der Waals surface area contributed by atoms with Crippen molar-refractivity contribution in [2.75, 3.05) is 0 Å². The minimum absolute atomic E-state index is 0.0935. The summed E-state index contributed by atoms with van der Waals surface area (Å²) in [5.41, 5.74) is 2.27. The first-order valence-electron chi connectivity index (χ1n) is 8.54. The fourth-order valence-electron chi connectivity index (χ4n) is 2.49. The highest BCUT2D eigenvalue weighted by Gasteiger charge is 2.12. The highest BCUT2D eigenvalue weighted by molar-refractivity contribution is 7.98. The standard InChI is InChI=1S/C19H20N4O3S/c1-3-22-18(12-26-17-10-4-14(2)5-11-17)20-21-19(22)27-13-15-6-8-16(9-7-15)23(24)25/h4-11H,3,12-13H2,1-2H3. The van der Waals surface area contributed by atoms with Gasteiger partial charge in [-0.1, -0.05) is 41.6 Å². The molecule has 140 valence electrons. The van der Waals surface area contributed by atoms with Crippen LogP contribution in [0.4, 0.5) is 5.69 Å². The molecule has 8 heteroatoms. The van der Waals surface area contributed by atoms with Crippen molar-refractivity contribution in [2.24, 2.45) is 0 Å². The van der Waals surface area contributed by atoms with E-state index in [1.54, 1.807) is 23.9 Å². The Kier molecular flexibility index (Phi) is 6.08. The van der Waals surface area contributed by atoms with Crippen LogP contribution in [0.5, 0.6) is 5.75 Å². The van der Waals surface area contributed by atoms with Gasteiger partial charge in [0.2, 0.25) is 0 Å². The van der Waals surface area contributed by atoms with Crippen LogP contribution in [0.25, 0.3) is 0 Å². The smallest absolute Gasteiger partial charge is 0.269 e. The lowest BCUT2D eigenvalue weighted by Gasteiger charge is -2.09. The van der Waals surface area contributed by atoms with Gasteiger partial charge in [0.05, 0.1) is 4.92 Å². The van der Waals surface area contributed by atoms with Gasteiger partial charge in [0, 0.05) is 24.4 Å². The molecule has 0 bridgehead atoms. The Bertz CT molecular complexity index is 908. The summed E-state index contributed by atoms with van der Waals surface area (Å²) in [6, 6.07) is 14.4. The van der Waals surface area contributed by atoms with Crippen LogP contribution in [0.1, 0.15) is 23.9 Å². The molecule has 0 aliphatic carbocycles. The van der Waals surface area contributed by atoms with Gasteiger partial charge in [-0.25, -0.2) is 0 Å². The number of benzene rings is 2. The van der Waals surface area contributed by atoms with Gasteiger partial charge in [0.25, 0.3) is 5.69 Å². The number of rotatable bonds is 8. The highest BCUT2D eigenvalue weighted by Crippen LogP contribution is 2.24. The first-order chi connectivity index (χ1) is 13.1. The lowest BCUT2D eigenvalue weighted by molar-refractivity contribution is -0.384. The second kappa shape index (κ2) is 8.68. The van der Waals surface area contributed by atoms with Crippen molar-refractivity contribution < 1.29 is 9.66 Å². The van der Waals surface area contributed by atoms with E-state index in [4.69, 9.17) is 4.74 Å². The molecule has 0 saturated heterocycles. The fourth-order valence-corrected chi connectivity index (χ4v) is 3.47. The van der Waals surface area contributed by atoms with Crippen LogP contribution < -0.4 is 4.74 Å². The molecular weight excluding hydrogens is 364 g/mol. The molecule has 0 unspecified atom stereocenters. The molecule has 0 radical (unpaired) electrons. The van der Waals surface area contributed by atoms with Crippen LogP contribution in [0, 0.1) is 17.0 Å². The molecule has 0 saturated carbocycles. The van der Waals surface area contributed by atoms with E-state index in [0.717, 1.165) is 28.8 Å². The second-order valence-electron chi connectivity index (χ2n) is 5.96. The molecule has 1 heterocycles. The predicted octanol–water partition coefficient (Wildman–Crippen LogP) is 4.39. The van der Waals surface area contributed by atoms with E-state index in [1.165, 1.54) is 17.7 Å². The summed E-state index contributed by atoms with van der Waals surface area (Å²) in [6.45, 7) is 5.16. The predicted molar refractivity (Wildman–Crippen MR) is 104 cm³/mol. The van der Waals surface area contributed by atoms with E-state index in [9.17, 15) is 10.1 Å². The van der Waals surface area contributed by atoms with Gasteiger partial charge < -0.3 is 9.30 Å². The molecular formula is C19H20N4O3S. The summed E-state index contributed by atoms with van der Waals surface area (Å²) < 4.78 is 7.82. The van der Waals surface area contributed by atoms with Crippen molar-refractivity contribution in [1.82, 2.24) is 14.8 Å². The van der Waals surface area contributed by atoms with Gasteiger partial charge in [-0.05, 0) is 31.5 Å². The molecule has 0 spiro atoms. The van der Waals surface area contributed by atoms with Gasteiger partial charge in [0.1, 0.15) is 12.4 Å². The number of non-ortho nitro benzene ring substituents is 1. The number of nitrogens with zero attached hydrogens (tertiary/aromatic N) is 4. The molecule has 3 aromatic rings. The molecule has 0 aliphatic heterocycles. The summed E-state index contributed by atoms with van der Waals surface area (Å²) in [5, 5.41) is 20.0. The molecule has 27 heavy (non-hydrogen) atoms. The fraction of sp³-hybridized carbons (Fsp3) is 0.263. The molecule has 1 aromatic heterocycles. The maximum Gasteiger partial charge on any atom is 0.269 e. The van der Waals surface area contributed by atoms with Crippen LogP contribution in [-0.2, 0) is 18.9 Å². The SMILES string of the molecule is CCn1c(COc2ccc(C)cc2)nnc1SCc1ccc([N+](=O)[O-])cc1. The molecule has 7 nitrogen and oxygen atoms in total. The van der Waals surface area contributed by atoms with Crippen molar-refractivity contribution in [3.05, 3.63) is 75.6 Å². The van der Waals surface area contributed by atoms with E-state index in [1.807, 2.05) is 42.7 Å². The molecule has 0 fully saturated rings. The second-order valence-corrected chi connectivity index (χ2v) is 6.90. The van der Waals surface area contributed by atoms with Crippen molar-refractivity contribution in [3.8, 4) is 5.75 Å². The van der Waals surface area contributed by atoms with Crippen molar-refractivity contribution in [3.63, 3.8) is 0 Å². The third-order valence-corrected chi connectivity index (χ3v) is 5.05. The third-order valence-electron chi connectivity index (χ3n) is 4.01. The summed E-state index contributed by atoms with van der Waals surface area (Å²) in [4.78, 5) is 10.3. The average Bonchev–Trinajstić information content (AvgIpc) is 3.08. The third kappa shape index (κ3) is 4.85. The van der Waals surface area contributed by atoms with Crippen LogP contribution in [0.3, 0.4) is 0 Å². The number of ether oxygens (including phenoxy) is 1. The van der Waals surface area contributed by atoms with Crippen molar-refractivity contribution >= 4 is 17.4 Å². The maximum absolute atomic E-state index is 10.7. The number of nitro benzene ring substituents is 1. The normalized spacial score (nSPS) is 10.7. The highest BCUT2D eigenvalue weighted by atomic mass is 32.2. The van der Waals surface area contributed by atoms with E-state index in [-0.39, 0.29) is 5.69 Å². The molecule has 2 aromatic carbocycles.